The Kier molecular flexibility index (Phi) is 6.12. The number of aryl methyl sites for hydroxylation is 2. The third kappa shape index (κ3) is 4.71. The fraction of sp³-hybridized carbons (Fsp3) is 0.250. The first kappa shape index (κ1) is 21.9. The van der Waals surface area contributed by atoms with Crippen molar-refractivity contribution in [3.8, 4) is 28.5 Å². The number of ether oxygens (including phenoxy) is 1. The van der Waals surface area contributed by atoms with E-state index in [0.29, 0.717) is 18.9 Å². The molecule has 2 aromatic carbocycles. The zero-order valence-electron chi connectivity index (χ0n) is 19.0. The summed E-state index contributed by atoms with van der Waals surface area (Å²) in [5, 5.41) is 9.09. The number of aromatic nitrogens is 2. The highest BCUT2D eigenvalue weighted by molar-refractivity contribution is 5.68. The Morgan fingerprint density at radius 2 is 1.97 bits per heavy atom. The lowest BCUT2D eigenvalue weighted by molar-refractivity contribution is -0.137. The van der Waals surface area contributed by atoms with Crippen LogP contribution in [0.2, 0.25) is 0 Å². The second kappa shape index (κ2) is 9.51. The first-order valence-electron chi connectivity index (χ1n) is 11.5. The van der Waals surface area contributed by atoms with Crippen LogP contribution in [0, 0.1) is 6.92 Å². The Balaban J connectivity index is 1.21. The van der Waals surface area contributed by atoms with Gasteiger partial charge < -0.3 is 14.3 Å². The molecule has 1 N–H and O–H groups in total. The third-order valence-electron chi connectivity index (χ3n) is 6.32. The molecule has 0 fully saturated rings. The van der Waals surface area contributed by atoms with Gasteiger partial charge in [-0.1, -0.05) is 36.4 Å². The lowest BCUT2D eigenvalue weighted by atomic mass is 9.98. The van der Waals surface area contributed by atoms with Crippen molar-refractivity contribution in [2.45, 2.75) is 38.5 Å². The SMILES string of the molecule is Cc1oc(-c2ccc(-c3ccccc3)nc2)nc1CCOc1ccc2c(c1)CC[C@H]2CC(=O)O. The molecule has 0 bridgehead atoms. The molecule has 6 nitrogen and oxygen atoms in total. The van der Waals surface area contributed by atoms with E-state index in [4.69, 9.17) is 14.3 Å². The first-order valence-corrected chi connectivity index (χ1v) is 11.5. The minimum Gasteiger partial charge on any atom is -0.493 e. The smallest absolute Gasteiger partial charge is 0.303 e. The van der Waals surface area contributed by atoms with Gasteiger partial charge in [0.05, 0.1) is 30.0 Å². The predicted octanol–water partition coefficient (Wildman–Crippen LogP) is 5.84. The van der Waals surface area contributed by atoms with Crippen molar-refractivity contribution < 1.29 is 19.1 Å². The van der Waals surface area contributed by atoms with Gasteiger partial charge >= 0.3 is 5.97 Å². The quantitative estimate of drug-likeness (QED) is 0.360. The Hall–Kier alpha value is -3.93. The average molecular weight is 455 g/mol. The lowest BCUT2D eigenvalue weighted by Crippen LogP contribution is -2.04. The maximum Gasteiger partial charge on any atom is 0.303 e. The van der Waals surface area contributed by atoms with Gasteiger partial charge in [-0.3, -0.25) is 9.78 Å². The minimum atomic E-state index is -0.747. The molecular weight excluding hydrogens is 428 g/mol. The average Bonchev–Trinajstić information content (AvgIpc) is 3.42. The van der Waals surface area contributed by atoms with Gasteiger partial charge in [-0.2, -0.15) is 0 Å². The van der Waals surface area contributed by atoms with E-state index in [2.05, 4.69) is 9.97 Å². The summed E-state index contributed by atoms with van der Waals surface area (Å²) < 4.78 is 11.9. The standard InChI is InChI=1S/C28H26N2O4/c1-18-25(13-14-33-23-10-11-24-20(15-23)7-8-21(24)16-27(31)32)30-28(34-18)22-9-12-26(29-17-22)19-5-3-2-4-6-19/h2-6,9-12,15,17,21H,7-8,13-14,16H2,1H3,(H,31,32)/t21-/m0/s1. The molecule has 0 unspecified atom stereocenters. The van der Waals surface area contributed by atoms with Crippen molar-refractivity contribution >= 4 is 5.97 Å². The maximum atomic E-state index is 11.1. The summed E-state index contributed by atoms with van der Waals surface area (Å²) in [7, 11) is 0. The molecule has 1 aliphatic carbocycles. The van der Waals surface area contributed by atoms with Crippen LogP contribution in [-0.4, -0.2) is 27.7 Å². The molecule has 0 radical (unpaired) electrons. The number of hydrogen-bond donors (Lipinski definition) is 1. The zero-order valence-corrected chi connectivity index (χ0v) is 19.0. The molecule has 2 heterocycles. The summed E-state index contributed by atoms with van der Waals surface area (Å²) >= 11 is 0. The van der Waals surface area contributed by atoms with Crippen LogP contribution >= 0.6 is 0 Å². The van der Waals surface area contributed by atoms with Gasteiger partial charge in [0, 0.05) is 18.2 Å². The normalized spacial score (nSPS) is 14.7. The predicted molar refractivity (Wildman–Crippen MR) is 129 cm³/mol. The number of hydrogen-bond acceptors (Lipinski definition) is 5. The van der Waals surface area contributed by atoms with Crippen LogP contribution in [0.25, 0.3) is 22.7 Å². The van der Waals surface area contributed by atoms with Crippen LogP contribution in [0.1, 0.15) is 41.3 Å². The van der Waals surface area contributed by atoms with Gasteiger partial charge in [-0.05, 0) is 61.1 Å². The van der Waals surface area contributed by atoms with Crippen LogP contribution in [0.15, 0.2) is 71.3 Å². The van der Waals surface area contributed by atoms with E-state index >= 15 is 0 Å². The fourth-order valence-electron chi connectivity index (χ4n) is 4.54. The number of pyridine rings is 1. The van der Waals surface area contributed by atoms with Crippen LogP contribution in [-0.2, 0) is 17.6 Å². The summed E-state index contributed by atoms with van der Waals surface area (Å²) in [4.78, 5) is 20.3. The van der Waals surface area contributed by atoms with Gasteiger partial charge in [-0.25, -0.2) is 4.98 Å². The molecule has 0 saturated carbocycles. The van der Waals surface area contributed by atoms with Crippen LogP contribution in [0.4, 0.5) is 0 Å². The van der Waals surface area contributed by atoms with Crippen LogP contribution in [0.5, 0.6) is 5.75 Å². The topological polar surface area (TPSA) is 85.5 Å². The molecule has 0 spiro atoms. The molecule has 0 amide bonds. The Morgan fingerprint density at radius 1 is 1.12 bits per heavy atom. The number of oxazole rings is 1. The van der Waals surface area contributed by atoms with Gasteiger partial charge in [0.1, 0.15) is 11.5 Å². The highest BCUT2D eigenvalue weighted by Crippen LogP contribution is 2.37. The molecule has 5 rings (SSSR count). The summed E-state index contributed by atoms with van der Waals surface area (Å²) in [6.45, 7) is 2.39. The second-order valence-electron chi connectivity index (χ2n) is 8.61. The van der Waals surface area contributed by atoms with Crippen molar-refractivity contribution in [3.05, 3.63) is 89.4 Å². The number of fused-ring (bicyclic) bond motifs is 1. The van der Waals surface area contributed by atoms with E-state index in [1.165, 1.54) is 5.56 Å². The summed E-state index contributed by atoms with van der Waals surface area (Å²) in [6, 6.07) is 20.0. The zero-order chi connectivity index (χ0) is 23.5. The van der Waals surface area contributed by atoms with E-state index in [0.717, 1.165) is 52.4 Å². The van der Waals surface area contributed by atoms with E-state index in [1.807, 2.05) is 67.6 Å². The van der Waals surface area contributed by atoms with E-state index in [-0.39, 0.29) is 12.3 Å². The first-order chi connectivity index (χ1) is 16.6. The Bertz CT molecular complexity index is 1300. The van der Waals surface area contributed by atoms with Gasteiger partial charge in [0.15, 0.2) is 0 Å². The molecular formula is C28H26N2O4. The maximum absolute atomic E-state index is 11.1. The molecule has 0 aliphatic heterocycles. The van der Waals surface area contributed by atoms with Gasteiger partial charge in [0.2, 0.25) is 5.89 Å². The fourth-order valence-corrected chi connectivity index (χ4v) is 4.54. The lowest BCUT2D eigenvalue weighted by Gasteiger charge is -2.10. The number of nitrogens with zero attached hydrogens (tertiary/aromatic N) is 2. The molecule has 34 heavy (non-hydrogen) atoms. The van der Waals surface area contributed by atoms with E-state index < -0.39 is 5.97 Å². The Labute approximate surface area is 198 Å². The largest absolute Gasteiger partial charge is 0.493 e. The van der Waals surface area contributed by atoms with Gasteiger partial charge in [0.25, 0.3) is 0 Å². The molecule has 1 atom stereocenters. The molecule has 4 aromatic rings. The molecule has 6 heteroatoms. The minimum absolute atomic E-state index is 0.106. The summed E-state index contributed by atoms with van der Waals surface area (Å²) in [5.74, 6) is 1.49. The number of carboxylic acids is 1. The molecule has 1 aliphatic rings. The van der Waals surface area contributed by atoms with E-state index in [9.17, 15) is 4.79 Å². The third-order valence-corrected chi connectivity index (χ3v) is 6.32. The van der Waals surface area contributed by atoms with Crippen LogP contribution in [0.3, 0.4) is 0 Å². The highest BCUT2D eigenvalue weighted by atomic mass is 16.5. The van der Waals surface area contributed by atoms with Crippen molar-refractivity contribution in [2.75, 3.05) is 6.61 Å². The number of carbonyl (C=O) groups is 1. The van der Waals surface area contributed by atoms with Crippen molar-refractivity contribution in [1.29, 1.82) is 0 Å². The van der Waals surface area contributed by atoms with Crippen molar-refractivity contribution in [3.63, 3.8) is 0 Å². The number of benzene rings is 2. The molecule has 172 valence electrons. The summed E-state index contributed by atoms with van der Waals surface area (Å²) in [5.41, 5.74) is 6.01. The van der Waals surface area contributed by atoms with E-state index in [1.54, 1.807) is 6.20 Å². The van der Waals surface area contributed by atoms with Crippen molar-refractivity contribution in [1.82, 2.24) is 9.97 Å². The Morgan fingerprint density at radius 3 is 2.74 bits per heavy atom. The number of rotatable bonds is 8. The highest BCUT2D eigenvalue weighted by Gasteiger charge is 2.25. The molecule has 2 aromatic heterocycles. The second-order valence-corrected chi connectivity index (χ2v) is 8.61. The van der Waals surface area contributed by atoms with Gasteiger partial charge in [-0.15, -0.1) is 0 Å². The summed E-state index contributed by atoms with van der Waals surface area (Å²) in [6.07, 6.45) is 4.38. The van der Waals surface area contributed by atoms with Crippen LogP contribution < -0.4 is 4.74 Å². The number of carboxylic acid groups (broad SMARTS) is 1. The number of aliphatic carboxylic acids is 1. The van der Waals surface area contributed by atoms with Crippen molar-refractivity contribution in [2.24, 2.45) is 0 Å². The molecule has 0 saturated heterocycles. The monoisotopic (exact) mass is 454 g/mol.